The van der Waals surface area contributed by atoms with E-state index in [1.807, 2.05) is 48.5 Å². The molecule has 4 amide bonds. The second-order valence-electron chi connectivity index (χ2n) is 18.1. The van der Waals surface area contributed by atoms with Crippen LogP contribution in [-0.4, -0.2) is 85.1 Å². The lowest BCUT2D eigenvalue weighted by Crippen LogP contribution is -2.60. The predicted molar refractivity (Wildman–Crippen MR) is 227 cm³/mol. The summed E-state index contributed by atoms with van der Waals surface area (Å²) >= 11 is 0.982. The van der Waals surface area contributed by atoms with Gasteiger partial charge in [0.2, 0.25) is 11.8 Å². The van der Waals surface area contributed by atoms with Crippen molar-refractivity contribution < 1.29 is 41.8 Å². The Morgan fingerprint density at radius 2 is 1.67 bits per heavy atom. The number of pyridine rings is 1. The zero-order valence-corrected chi connectivity index (χ0v) is 36.6. The van der Waals surface area contributed by atoms with Crippen LogP contribution >= 0.6 is 11.3 Å². The fraction of sp³-hybridized carbons (Fsp3) is 0.477. The van der Waals surface area contributed by atoms with E-state index in [2.05, 4.69) is 15.4 Å². The Labute approximate surface area is 354 Å². The van der Waals surface area contributed by atoms with Crippen molar-refractivity contribution in [2.75, 3.05) is 13.7 Å². The minimum absolute atomic E-state index is 0.0192. The summed E-state index contributed by atoms with van der Waals surface area (Å²) in [6, 6.07) is 17.6. The fourth-order valence-electron chi connectivity index (χ4n) is 8.59. The molecule has 3 fully saturated rings. The number of benzene rings is 2. The van der Waals surface area contributed by atoms with Gasteiger partial charge in [-0.05, 0) is 69.0 Å². The zero-order valence-electron chi connectivity index (χ0n) is 35.0. The first kappa shape index (κ1) is 42.9. The number of hydrogen-bond acceptors (Lipinski definition) is 11. The van der Waals surface area contributed by atoms with E-state index in [-0.39, 0.29) is 23.6 Å². The van der Waals surface area contributed by atoms with Gasteiger partial charge in [-0.25, -0.2) is 22.9 Å². The Morgan fingerprint density at radius 3 is 2.30 bits per heavy atom. The number of nitrogens with zero attached hydrogens (tertiary/aromatic N) is 2. The molecular formula is C44H53N5O9S2. The van der Waals surface area contributed by atoms with E-state index in [1.54, 1.807) is 66.2 Å². The van der Waals surface area contributed by atoms with Crippen LogP contribution in [0.4, 0.5) is 4.79 Å². The summed E-state index contributed by atoms with van der Waals surface area (Å²) in [6.07, 6.45) is 1.69. The average Bonchev–Trinajstić information content (AvgIpc) is 3.74. The number of thiophene rings is 1. The van der Waals surface area contributed by atoms with E-state index in [1.165, 1.54) is 11.0 Å². The van der Waals surface area contributed by atoms with Crippen LogP contribution in [0.25, 0.3) is 22.2 Å². The molecule has 3 heterocycles. The molecule has 3 aliphatic rings. The number of sulfonamides is 1. The number of fused-ring (bicyclic) bond motifs is 1. The van der Waals surface area contributed by atoms with Gasteiger partial charge in [0.25, 0.3) is 15.9 Å². The maximum absolute atomic E-state index is 14.9. The zero-order chi connectivity index (χ0) is 43.3. The van der Waals surface area contributed by atoms with Crippen molar-refractivity contribution in [2.45, 2.75) is 114 Å². The van der Waals surface area contributed by atoms with Crippen molar-refractivity contribution in [1.29, 1.82) is 0 Å². The molecule has 320 valence electrons. The van der Waals surface area contributed by atoms with E-state index in [0.29, 0.717) is 40.9 Å². The lowest BCUT2D eigenvalue weighted by molar-refractivity contribution is -0.143. The van der Waals surface area contributed by atoms with Crippen molar-refractivity contribution in [3.8, 4) is 22.8 Å². The highest BCUT2D eigenvalue weighted by molar-refractivity contribution is 7.92. The molecule has 1 spiro atoms. The van der Waals surface area contributed by atoms with Crippen LogP contribution in [0.2, 0.25) is 0 Å². The SMILES string of the molecule is COc1ccc2c(O[C@@H]3C[C@@H](C(=O)NC4(C(=O)NS(=O)(=O)c5cccs5)CC45CCCC5)N(C(=O)[C@@H](NC(=O)OC(C)(C)C)C(C)(C)C)C3)cc(-c3ccccc3)nc2c1. The minimum atomic E-state index is -4.21. The van der Waals surface area contributed by atoms with Gasteiger partial charge in [-0.3, -0.25) is 14.4 Å². The molecule has 14 nitrogen and oxygen atoms in total. The summed E-state index contributed by atoms with van der Waals surface area (Å²) in [5.41, 5.74) is -1.71. The third-order valence-electron chi connectivity index (χ3n) is 11.6. The van der Waals surface area contributed by atoms with Crippen LogP contribution in [0.15, 0.2) is 76.3 Å². The van der Waals surface area contributed by atoms with Crippen molar-refractivity contribution in [1.82, 2.24) is 25.2 Å². The van der Waals surface area contributed by atoms with Gasteiger partial charge in [0.1, 0.15) is 45.0 Å². The molecule has 4 atom stereocenters. The highest BCUT2D eigenvalue weighted by Gasteiger charge is 2.73. The molecule has 3 N–H and O–H groups in total. The average molecular weight is 860 g/mol. The Kier molecular flexibility index (Phi) is 11.4. The van der Waals surface area contributed by atoms with Crippen LogP contribution in [0.5, 0.6) is 11.5 Å². The normalized spacial score (nSPS) is 21.6. The number of hydrogen-bond donors (Lipinski definition) is 3. The summed E-state index contributed by atoms with van der Waals surface area (Å²) in [4.78, 5) is 63.3. The molecule has 0 radical (unpaired) electrons. The third-order valence-corrected chi connectivity index (χ3v) is 14.3. The van der Waals surface area contributed by atoms with Crippen molar-refractivity contribution >= 4 is 56.1 Å². The van der Waals surface area contributed by atoms with Crippen LogP contribution in [0.3, 0.4) is 0 Å². The topological polar surface area (TPSA) is 182 Å². The van der Waals surface area contributed by atoms with Crippen molar-refractivity contribution in [3.05, 3.63) is 72.1 Å². The number of methoxy groups -OCH3 is 1. The van der Waals surface area contributed by atoms with Gasteiger partial charge < -0.3 is 29.7 Å². The van der Waals surface area contributed by atoms with Crippen LogP contribution in [0, 0.1) is 10.8 Å². The quantitative estimate of drug-likeness (QED) is 0.149. The molecule has 2 saturated carbocycles. The Bertz CT molecular complexity index is 2390. The number of rotatable bonds is 11. The van der Waals surface area contributed by atoms with E-state index >= 15 is 0 Å². The number of carbonyl (C=O) groups is 4. The van der Waals surface area contributed by atoms with Gasteiger partial charge in [-0.15, -0.1) is 11.3 Å². The van der Waals surface area contributed by atoms with E-state index in [4.69, 9.17) is 19.2 Å². The Balaban J connectivity index is 1.24. The maximum atomic E-state index is 14.9. The highest BCUT2D eigenvalue weighted by atomic mass is 32.2. The third kappa shape index (κ3) is 8.67. The number of carbonyl (C=O) groups excluding carboxylic acids is 4. The first-order valence-corrected chi connectivity index (χ1v) is 22.5. The second-order valence-corrected chi connectivity index (χ2v) is 21.0. The monoisotopic (exact) mass is 859 g/mol. The lowest BCUT2D eigenvalue weighted by Gasteiger charge is -2.36. The van der Waals surface area contributed by atoms with Gasteiger partial charge in [-0.2, -0.15) is 0 Å². The molecule has 60 heavy (non-hydrogen) atoms. The number of nitrogens with one attached hydrogen (secondary N) is 3. The molecule has 2 aromatic heterocycles. The summed E-state index contributed by atoms with van der Waals surface area (Å²) in [7, 11) is -2.63. The van der Waals surface area contributed by atoms with E-state index in [0.717, 1.165) is 29.7 Å². The molecule has 16 heteroatoms. The Morgan fingerprint density at radius 1 is 0.950 bits per heavy atom. The maximum Gasteiger partial charge on any atom is 0.408 e. The summed E-state index contributed by atoms with van der Waals surface area (Å²) in [6.45, 7) is 10.5. The molecule has 0 bridgehead atoms. The van der Waals surface area contributed by atoms with Crippen molar-refractivity contribution in [2.24, 2.45) is 10.8 Å². The van der Waals surface area contributed by atoms with E-state index < -0.39 is 74.0 Å². The number of alkyl carbamates (subject to hydrolysis) is 1. The van der Waals surface area contributed by atoms with Gasteiger partial charge in [0, 0.05) is 34.9 Å². The highest BCUT2D eigenvalue weighted by Crippen LogP contribution is 2.66. The number of aromatic nitrogens is 1. The summed E-state index contributed by atoms with van der Waals surface area (Å²) in [5, 5.41) is 8.05. The minimum Gasteiger partial charge on any atom is -0.497 e. The largest absolute Gasteiger partial charge is 0.497 e. The number of amides is 4. The number of likely N-dealkylation sites (tertiary alicyclic amines) is 1. The number of ether oxygens (including phenoxy) is 3. The van der Waals surface area contributed by atoms with Gasteiger partial charge in [0.15, 0.2) is 0 Å². The molecule has 7 rings (SSSR count). The van der Waals surface area contributed by atoms with Gasteiger partial charge in [0.05, 0.1) is 24.9 Å². The lowest BCUT2D eigenvalue weighted by atomic mass is 9.85. The summed E-state index contributed by atoms with van der Waals surface area (Å²) in [5.74, 6) is -0.894. The standard InChI is InChI=1S/C44H53N5O9S2/c1-41(2,3)36(46-40(53)58-42(4,5)6)38(51)49-25-29(57-34-24-31(27-14-9-8-10-15-27)45-32-22-28(56-7)17-18-30(32)34)23-33(49)37(50)47-44(26-43(44)19-11-12-20-43)39(52)48-60(54,55)35-16-13-21-59-35/h8-10,13-18,21-22,24,29,33,36H,11-12,19-20,23,25-26H2,1-7H3,(H,46,53)(H,47,50)(H,48,52)/t29-,33+,36-,44?/m1/s1. The smallest absolute Gasteiger partial charge is 0.408 e. The Hall–Kier alpha value is -5.22. The first-order chi connectivity index (χ1) is 28.2. The molecule has 1 saturated heterocycles. The molecule has 2 aliphatic carbocycles. The molecule has 1 unspecified atom stereocenters. The molecule has 1 aliphatic heterocycles. The van der Waals surface area contributed by atoms with Crippen molar-refractivity contribution in [3.63, 3.8) is 0 Å². The van der Waals surface area contributed by atoms with Crippen LogP contribution in [0.1, 0.15) is 80.1 Å². The van der Waals surface area contributed by atoms with Crippen LogP contribution in [-0.2, 0) is 29.1 Å². The fourth-order valence-corrected chi connectivity index (χ4v) is 10.6. The molecule has 2 aromatic carbocycles. The second kappa shape index (κ2) is 16.0. The van der Waals surface area contributed by atoms with Gasteiger partial charge in [-0.1, -0.05) is 70.0 Å². The van der Waals surface area contributed by atoms with Gasteiger partial charge >= 0.3 is 6.09 Å². The van der Waals surface area contributed by atoms with E-state index in [9.17, 15) is 27.6 Å². The predicted octanol–water partition coefficient (Wildman–Crippen LogP) is 6.58. The van der Waals surface area contributed by atoms with Crippen LogP contribution < -0.4 is 24.8 Å². The molecule has 4 aromatic rings. The summed E-state index contributed by atoms with van der Waals surface area (Å²) < 4.78 is 46.7. The first-order valence-electron chi connectivity index (χ1n) is 20.2. The molecular weight excluding hydrogens is 807 g/mol.